The number of aromatic nitrogens is 2. The Morgan fingerprint density at radius 1 is 1.43 bits per heavy atom. The van der Waals surface area contributed by atoms with Gasteiger partial charge in [-0.25, -0.2) is 15.0 Å². The molecule has 0 atom stereocenters. The van der Waals surface area contributed by atoms with Crippen molar-refractivity contribution in [3.8, 4) is 0 Å². The molecule has 0 aliphatic heterocycles. The summed E-state index contributed by atoms with van der Waals surface area (Å²) in [6.45, 7) is 3.74. The lowest BCUT2D eigenvalue weighted by Gasteiger charge is -1.98. The van der Waals surface area contributed by atoms with Crippen LogP contribution in [0.5, 0.6) is 0 Å². The van der Waals surface area contributed by atoms with Gasteiger partial charge in [-0.3, -0.25) is 0 Å². The molecular formula is C8H13IN4S. The molecule has 14 heavy (non-hydrogen) atoms. The summed E-state index contributed by atoms with van der Waals surface area (Å²) in [6.07, 6.45) is 1.87. The van der Waals surface area contributed by atoms with Crippen LogP contribution in [-0.4, -0.2) is 21.4 Å². The normalized spacial score (nSPS) is 10.9. The van der Waals surface area contributed by atoms with Crippen LogP contribution in [-0.2, 0) is 0 Å². The first-order valence-corrected chi connectivity index (χ1v) is 5.04. The van der Waals surface area contributed by atoms with Crippen LogP contribution in [0.2, 0.25) is 0 Å². The quantitative estimate of drug-likeness (QED) is 0.488. The van der Waals surface area contributed by atoms with Gasteiger partial charge in [0.1, 0.15) is 5.82 Å². The van der Waals surface area contributed by atoms with E-state index in [-0.39, 0.29) is 24.0 Å². The fourth-order valence-corrected chi connectivity index (χ4v) is 1.10. The van der Waals surface area contributed by atoms with Gasteiger partial charge in [0.25, 0.3) is 0 Å². The number of amidine groups is 1. The SMILES string of the molecule is CSC(N)=Nc1cc(C)nc(C)n1.I. The zero-order valence-electron chi connectivity index (χ0n) is 8.31. The number of aliphatic imine (C=N–C) groups is 1. The van der Waals surface area contributed by atoms with E-state index >= 15 is 0 Å². The highest BCUT2D eigenvalue weighted by molar-refractivity contribution is 14.0. The minimum atomic E-state index is 0. The van der Waals surface area contributed by atoms with Crippen molar-refractivity contribution in [1.82, 2.24) is 9.97 Å². The molecule has 0 spiro atoms. The van der Waals surface area contributed by atoms with Crippen molar-refractivity contribution in [2.45, 2.75) is 13.8 Å². The first-order valence-electron chi connectivity index (χ1n) is 3.82. The lowest BCUT2D eigenvalue weighted by molar-refractivity contribution is 1.01. The molecule has 0 radical (unpaired) electrons. The van der Waals surface area contributed by atoms with Gasteiger partial charge in [-0.15, -0.1) is 24.0 Å². The highest BCUT2D eigenvalue weighted by Gasteiger charge is 1.97. The number of hydrogen-bond donors (Lipinski definition) is 1. The Bertz CT molecular complexity index is 320. The highest BCUT2D eigenvalue weighted by atomic mass is 127. The van der Waals surface area contributed by atoms with Gasteiger partial charge in [-0.2, -0.15) is 0 Å². The van der Waals surface area contributed by atoms with Crippen LogP contribution in [0.15, 0.2) is 11.1 Å². The Morgan fingerprint density at radius 3 is 2.57 bits per heavy atom. The van der Waals surface area contributed by atoms with E-state index in [1.165, 1.54) is 11.8 Å². The van der Waals surface area contributed by atoms with E-state index in [4.69, 9.17) is 5.73 Å². The molecule has 0 aromatic carbocycles. The summed E-state index contributed by atoms with van der Waals surface area (Å²) >= 11 is 1.40. The Hall–Kier alpha value is -0.370. The molecule has 0 fully saturated rings. The van der Waals surface area contributed by atoms with Gasteiger partial charge in [0.15, 0.2) is 11.0 Å². The summed E-state index contributed by atoms with van der Waals surface area (Å²) in [4.78, 5) is 12.4. The second-order valence-corrected chi connectivity index (χ2v) is 3.40. The molecule has 0 aliphatic carbocycles. The standard InChI is InChI=1S/C8H12N4S.HI/c1-5-4-7(11-6(2)10-5)12-8(9)13-3;/h4H,1-3H3,(H2,9,10,11,12);1H. The van der Waals surface area contributed by atoms with E-state index in [0.29, 0.717) is 16.8 Å². The van der Waals surface area contributed by atoms with Crippen LogP contribution < -0.4 is 5.73 Å². The van der Waals surface area contributed by atoms with Crippen molar-refractivity contribution in [2.75, 3.05) is 6.26 Å². The van der Waals surface area contributed by atoms with Gasteiger partial charge < -0.3 is 5.73 Å². The molecule has 4 nitrogen and oxygen atoms in total. The lowest BCUT2D eigenvalue weighted by Crippen LogP contribution is -2.04. The zero-order chi connectivity index (χ0) is 9.84. The van der Waals surface area contributed by atoms with Crippen molar-refractivity contribution >= 4 is 46.7 Å². The third-order valence-electron chi connectivity index (χ3n) is 1.39. The molecule has 1 heterocycles. The highest BCUT2D eigenvalue weighted by Crippen LogP contribution is 2.10. The third-order valence-corrected chi connectivity index (χ3v) is 1.90. The van der Waals surface area contributed by atoms with Crippen LogP contribution in [0.3, 0.4) is 0 Å². The second-order valence-electron chi connectivity index (χ2n) is 2.57. The fraction of sp³-hybridized carbons (Fsp3) is 0.375. The molecule has 0 aliphatic rings. The van der Waals surface area contributed by atoms with Crippen LogP contribution in [0.4, 0.5) is 5.82 Å². The maximum atomic E-state index is 5.56. The molecule has 0 bridgehead atoms. The minimum absolute atomic E-state index is 0. The molecule has 6 heteroatoms. The fourth-order valence-electron chi connectivity index (χ4n) is 0.913. The van der Waals surface area contributed by atoms with Crippen LogP contribution in [0.1, 0.15) is 11.5 Å². The zero-order valence-corrected chi connectivity index (χ0v) is 11.5. The van der Waals surface area contributed by atoms with E-state index in [0.717, 1.165) is 5.69 Å². The number of aryl methyl sites for hydroxylation is 2. The van der Waals surface area contributed by atoms with E-state index in [1.807, 2.05) is 20.1 Å². The van der Waals surface area contributed by atoms with Gasteiger partial charge in [0.2, 0.25) is 0 Å². The van der Waals surface area contributed by atoms with E-state index in [9.17, 15) is 0 Å². The van der Waals surface area contributed by atoms with Gasteiger partial charge >= 0.3 is 0 Å². The van der Waals surface area contributed by atoms with Crippen molar-refractivity contribution < 1.29 is 0 Å². The van der Waals surface area contributed by atoms with Crippen molar-refractivity contribution in [1.29, 1.82) is 0 Å². The Kier molecular flexibility index (Phi) is 6.01. The predicted octanol–water partition coefficient (Wildman–Crippen LogP) is 2.02. The molecule has 0 amide bonds. The van der Waals surface area contributed by atoms with Gasteiger partial charge in [0, 0.05) is 11.8 Å². The average molecular weight is 324 g/mol. The smallest absolute Gasteiger partial charge is 0.160 e. The third kappa shape index (κ3) is 4.23. The molecule has 0 saturated carbocycles. The van der Waals surface area contributed by atoms with Gasteiger partial charge in [-0.1, -0.05) is 11.8 Å². The Labute approximate surface area is 105 Å². The first-order chi connectivity index (χ1) is 6.11. The summed E-state index contributed by atoms with van der Waals surface area (Å²) in [7, 11) is 0. The number of nitrogens with zero attached hydrogens (tertiary/aromatic N) is 3. The monoisotopic (exact) mass is 324 g/mol. The molecule has 0 saturated heterocycles. The van der Waals surface area contributed by atoms with Crippen LogP contribution in [0, 0.1) is 13.8 Å². The summed E-state index contributed by atoms with van der Waals surface area (Å²) in [5.41, 5.74) is 6.46. The molecule has 1 aromatic rings. The number of nitrogens with two attached hydrogens (primary N) is 1. The number of halogens is 1. The largest absolute Gasteiger partial charge is 0.378 e. The number of thioether (sulfide) groups is 1. The predicted molar refractivity (Wildman–Crippen MR) is 71.7 cm³/mol. The maximum absolute atomic E-state index is 5.56. The van der Waals surface area contributed by atoms with E-state index < -0.39 is 0 Å². The summed E-state index contributed by atoms with van der Waals surface area (Å²) in [6, 6.07) is 1.80. The molecular weight excluding hydrogens is 311 g/mol. The average Bonchev–Trinajstić information content (AvgIpc) is 2.02. The second kappa shape index (κ2) is 6.18. The number of hydrogen-bond acceptors (Lipinski definition) is 4. The van der Waals surface area contributed by atoms with Gasteiger partial charge in [0.05, 0.1) is 0 Å². The molecule has 0 unspecified atom stereocenters. The van der Waals surface area contributed by atoms with E-state index in [2.05, 4.69) is 15.0 Å². The molecule has 78 valence electrons. The van der Waals surface area contributed by atoms with E-state index in [1.54, 1.807) is 6.07 Å². The van der Waals surface area contributed by atoms with Crippen molar-refractivity contribution in [3.05, 3.63) is 17.6 Å². The Balaban J connectivity index is 0.00000169. The van der Waals surface area contributed by atoms with Crippen LogP contribution >= 0.6 is 35.7 Å². The molecule has 1 rings (SSSR count). The Morgan fingerprint density at radius 2 is 2.07 bits per heavy atom. The lowest BCUT2D eigenvalue weighted by atomic mass is 10.4. The summed E-state index contributed by atoms with van der Waals surface area (Å²) in [5, 5.41) is 0.512. The molecule has 1 aromatic heterocycles. The minimum Gasteiger partial charge on any atom is -0.378 e. The van der Waals surface area contributed by atoms with Crippen LogP contribution in [0.25, 0.3) is 0 Å². The summed E-state index contributed by atoms with van der Waals surface area (Å²) < 4.78 is 0. The van der Waals surface area contributed by atoms with Gasteiger partial charge in [-0.05, 0) is 20.1 Å². The maximum Gasteiger partial charge on any atom is 0.160 e. The first kappa shape index (κ1) is 13.6. The van der Waals surface area contributed by atoms with Crippen molar-refractivity contribution in [3.63, 3.8) is 0 Å². The number of rotatable bonds is 1. The molecule has 2 N–H and O–H groups in total. The summed E-state index contributed by atoms with van der Waals surface area (Å²) in [5.74, 6) is 1.34. The van der Waals surface area contributed by atoms with Crippen molar-refractivity contribution in [2.24, 2.45) is 10.7 Å². The topological polar surface area (TPSA) is 64.2 Å².